The van der Waals surface area contributed by atoms with Crippen molar-refractivity contribution < 1.29 is 5.11 Å². The topological polar surface area (TPSA) is 19.9 Å². The molecule has 1 nitrogen and oxygen atoms in total. The van der Waals surface area contributed by atoms with Crippen molar-refractivity contribution in [2.24, 2.45) is 0 Å². The zero-order valence-electron chi connectivity index (χ0n) is 22.3. The summed E-state index contributed by atoms with van der Waals surface area (Å²) in [6.45, 7) is 7.10. The Morgan fingerprint density at radius 2 is 0.613 bits per heavy atom. The molecule has 0 heterocycles. The first-order valence-electron chi connectivity index (χ1n) is 14.8. The third kappa shape index (κ3) is 20.7. The van der Waals surface area contributed by atoms with E-state index in [0.717, 1.165) is 6.42 Å². The second-order valence-corrected chi connectivity index (χ2v) is 15.6. The number of hydrogen-bond donors (Lipinski definition) is 0. The SMILES string of the molecule is CCCCCCCC[PH](CCCCC[O])(CCCCCCCC)CCCCCCCC. The fourth-order valence-electron chi connectivity index (χ4n) is 5.37. The molecule has 0 aliphatic carbocycles. The van der Waals surface area contributed by atoms with Crippen LogP contribution in [-0.2, 0) is 5.11 Å². The molecule has 0 rings (SSSR count). The molecule has 0 amide bonds. The molecule has 0 bridgehead atoms. The fourth-order valence-corrected chi connectivity index (χ4v) is 10.9. The van der Waals surface area contributed by atoms with Gasteiger partial charge in [0.25, 0.3) is 0 Å². The molecule has 0 spiro atoms. The molecule has 0 aromatic carbocycles. The molecule has 1 radical (unpaired) electrons. The molecule has 0 aliphatic rings. The minimum atomic E-state index is -1.15. The standard InChI is InChI=1S/C29H62OP/c1-4-7-10-13-16-21-26-31(29-24-19-20-25-30,27-22-17-14-11-8-5-2)28-23-18-15-12-9-6-3/h31H,4-29H2,1-3H3. The summed E-state index contributed by atoms with van der Waals surface area (Å²) in [5, 5.41) is 11.0. The van der Waals surface area contributed by atoms with Gasteiger partial charge in [-0.25, -0.2) is 0 Å². The number of hydrogen-bond acceptors (Lipinski definition) is 0. The molecule has 0 fully saturated rings. The average Bonchev–Trinajstić information content (AvgIpc) is 2.78. The molecule has 0 saturated heterocycles. The molecule has 0 unspecified atom stereocenters. The van der Waals surface area contributed by atoms with Crippen LogP contribution in [0.25, 0.3) is 0 Å². The van der Waals surface area contributed by atoms with Crippen LogP contribution in [-0.4, -0.2) is 31.3 Å². The summed E-state index contributed by atoms with van der Waals surface area (Å²) in [7, 11) is -1.15. The Bertz CT molecular complexity index is 290. The van der Waals surface area contributed by atoms with E-state index < -0.39 is 7.26 Å². The molecule has 0 aliphatic heterocycles. The van der Waals surface area contributed by atoms with Gasteiger partial charge in [0.1, 0.15) is 0 Å². The molecule has 31 heavy (non-hydrogen) atoms. The Kier molecular flexibility index (Phi) is 25.3. The average molecular weight is 458 g/mol. The van der Waals surface area contributed by atoms with E-state index in [1.54, 1.807) is 18.5 Å². The summed E-state index contributed by atoms with van der Waals surface area (Å²) in [5.41, 5.74) is 0. The molecule has 2 heteroatoms. The Morgan fingerprint density at radius 1 is 0.355 bits per heavy atom. The van der Waals surface area contributed by atoms with Crippen molar-refractivity contribution in [2.75, 3.05) is 31.3 Å². The Hall–Kier alpha value is 0.390. The quantitative estimate of drug-likeness (QED) is 0.0909. The summed E-state index contributed by atoms with van der Waals surface area (Å²) >= 11 is 0. The second-order valence-electron chi connectivity index (χ2n) is 10.6. The van der Waals surface area contributed by atoms with Gasteiger partial charge in [0.05, 0.1) is 0 Å². The van der Waals surface area contributed by atoms with E-state index in [-0.39, 0.29) is 6.61 Å². The van der Waals surface area contributed by atoms with Crippen LogP contribution in [0.2, 0.25) is 0 Å². The molecule has 0 saturated carbocycles. The molecule has 0 atom stereocenters. The maximum absolute atomic E-state index is 11.0. The van der Waals surface area contributed by atoms with Crippen LogP contribution in [0.3, 0.4) is 0 Å². The molecule has 0 aromatic rings. The van der Waals surface area contributed by atoms with E-state index in [0.29, 0.717) is 0 Å². The van der Waals surface area contributed by atoms with Crippen molar-refractivity contribution in [3.8, 4) is 0 Å². The third-order valence-electron chi connectivity index (χ3n) is 7.53. The fraction of sp³-hybridized carbons (Fsp3) is 1.00. The predicted molar refractivity (Wildman–Crippen MR) is 147 cm³/mol. The Labute approximate surface area is 199 Å². The van der Waals surface area contributed by atoms with E-state index in [4.69, 9.17) is 0 Å². The molecular formula is C29H62OP. The first-order valence-corrected chi connectivity index (χ1v) is 17.7. The molecule has 0 aromatic heterocycles. The van der Waals surface area contributed by atoms with E-state index >= 15 is 0 Å². The van der Waals surface area contributed by atoms with Gasteiger partial charge in [-0.05, 0) is 0 Å². The summed E-state index contributed by atoms with van der Waals surface area (Å²) in [6.07, 6.45) is 35.8. The zero-order chi connectivity index (χ0) is 22.9. The summed E-state index contributed by atoms with van der Waals surface area (Å²) in [4.78, 5) is 0. The first-order chi connectivity index (χ1) is 15.2. The van der Waals surface area contributed by atoms with Crippen molar-refractivity contribution in [2.45, 2.75) is 156 Å². The Balaban J connectivity index is 4.68. The summed E-state index contributed by atoms with van der Waals surface area (Å²) in [6, 6.07) is 0. The minimum absolute atomic E-state index is 0.140. The van der Waals surface area contributed by atoms with Gasteiger partial charge in [-0.15, -0.1) is 0 Å². The van der Waals surface area contributed by atoms with Gasteiger partial charge in [-0.3, -0.25) is 0 Å². The van der Waals surface area contributed by atoms with Gasteiger partial charge in [-0.2, -0.15) is 0 Å². The van der Waals surface area contributed by atoms with Gasteiger partial charge in [0, 0.05) is 0 Å². The van der Waals surface area contributed by atoms with Crippen molar-refractivity contribution in [3.05, 3.63) is 0 Å². The summed E-state index contributed by atoms with van der Waals surface area (Å²) < 4.78 is 0. The predicted octanol–water partition coefficient (Wildman–Crippen LogP) is 10.4. The zero-order valence-corrected chi connectivity index (χ0v) is 23.3. The third-order valence-corrected chi connectivity index (χ3v) is 13.2. The van der Waals surface area contributed by atoms with E-state index in [1.165, 1.54) is 135 Å². The van der Waals surface area contributed by atoms with Crippen molar-refractivity contribution >= 4 is 7.26 Å². The van der Waals surface area contributed by atoms with Gasteiger partial charge < -0.3 is 0 Å². The summed E-state index contributed by atoms with van der Waals surface area (Å²) in [5.74, 6) is 0. The van der Waals surface area contributed by atoms with Crippen LogP contribution in [0.4, 0.5) is 0 Å². The molecule has 0 N–H and O–H groups in total. The van der Waals surface area contributed by atoms with Gasteiger partial charge in [-0.1, -0.05) is 0 Å². The van der Waals surface area contributed by atoms with E-state index in [9.17, 15) is 5.11 Å². The van der Waals surface area contributed by atoms with Crippen LogP contribution >= 0.6 is 7.26 Å². The van der Waals surface area contributed by atoms with Gasteiger partial charge in [0.2, 0.25) is 0 Å². The van der Waals surface area contributed by atoms with Crippen LogP contribution in [0.5, 0.6) is 0 Å². The molecular weight excluding hydrogens is 395 g/mol. The Morgan fingerprint density at radius 3 is 0.903 bits per heavy atom. The van der Waals surface area contributed by atoms with Crippen LogP contribution in [0.1, 0.15) is 156 Å². The van der Waals surface area contributed by atoms with Crippen molar-refractivity contribution in [1.29, 1.82) is 0 Å². The maximum atomic E-state index is 11.0. The van der Waals surface area contributed by atoms with Crippen molar-refractivity contribution in [1.82, 2.24) is 0 Å². The van der Waals surface area contributed by atoms with Crippen LogP contribution in [0, 0.1) is 0 Å². The van der Waals surface area contributed by atoms with E-state index in [1.807, 2.05) is 0 Å². The van der Waals surface area contributed by atoms with Crippen LogP contribution < -0.4 is 0 Å². The normalized spacial score (nSPS) is 12.5. The van der Waals surface area contributed by atoms with Gasteiger partial charge >= 0.3 is 199 Å². The number of rotatable bonds is 26. The van der Waals surface area contributed by atoms with Gasteiger partial charge in [0.15, 0.2) is 0 Å². The van der Waals surface area contributed by atoms with Crippen molar-refractivity contribution in [3.63, 3.8) is 0 Å². The van der Waals surface area contributed by atoms with Crippen LogP contribution in [0.15, 0.2) is 0 Å². The molecule has 189 valence electrons. The monoisotopic (exact) mass is 457 g/mol. The number of unbranched alkanes of at least 4 members (excludes halogenated alkanes) is 17. The second kappa shape index (κ2) is 25.0. The first kappa shape index (κ1) is 31.4. The van der Waals surface area contributed by atoms with E-state index in [2.05, 4.69) is 20.8 Å².